The second kappa shape index (κ2) is 5.44. The van der Waals surface area contributed by atoms with Crippen LogP contribution in [0.3, 0.4) is 0 Å². The van der Waals surface area contributed by atoms with Gasteiger partial charge in [0.15, 0.2) is 0 Å². The van der Waals surface area contributed by atoms with Crippen molar-refractivity contribution in [3.8, 4) is 5.75 Å². The SMILES string of the molecule is CC(CN)COc1cccc(Cl)c1Cl. The maximum absolute atomic E-state index is 5.93. The summed E-state index contributed by atoms with van der Waals surface area (Å²) in [7, 11) is 0. The molecule has 0 bridgehead atoms. The third-order valence-corrected chi connectivity index (χ3v) is 2.64. The molecule has 1 aromatic rings. The summed E-state index contributed by atoms with van der Waals surface area (Å²) in [5.41, 5.74) is 5.47. The van der Waals surface area contributed by atoms with Crippen molar-refractivity contribution in [3.05, 3.63) is 28.2 Å². The molecule has 2 nitrogen and oxygen atoms in total. The summed E-state index contributed by atoms with van der Waals surface area (Å²) >= 11 is 11.8. The van der Waals surface area contributed by atoms with Gasteiger partial charge in [0.25, 0.3) is 0 Å². The van der Waals surface area contributed by atoms with E-state index < -0.39 is 0 Å². The van der Waals surface area contributed by atoms with Gasteiger partial charge in [-0.15, -0.1) is 0 Å². The zero-order chi connectivity index (χ0) is 10.6. The first-order valence-corrected chi connectivity index (χ1v) is 5.17. The van der Waals surface area contributed by atoms with E-state index in [0.717, 1.165) is 0 Å². The van der Waals surface area contributed by atoms with Crippen molar-refractivity contribution in [2.24, 2.45) is 11.7 Å². The van der Waals surface area contributed by atoms with E-state index in [1.807, 2.05) is 6.92 Å². The first-order valence-electron chi connectivity index (χ1n) is 4.42. The van der Waals surface area contributed by atoms with Gasteiger partial charge in [-0.25, -0.2) is 0 Å². The maximum Gasteiger partial charge on any atom is 0.139 e. The average Bonchev–Trinajstić information content (AvgIpc) is 2.20. The van der Waals surface area contributed by atoms with E-state index in [-0.39, 0.29) is 0 Å². The molecule has 0 aromatic heterocycles. The lowest BCUT2D eigenvalue weighted by Crippen LogP contribution is -2.18. The Balaban J connectivity index is 2.63. The van der Waals surface area contributed by atoms with Gasteiger partial charge >= 0.3 is 0 Å². The van der Waals surface area contributed by atoms with E-state index >= 15 is 0 Å². The number of ether oxygens (including phenoxy) is 1. The molecule has 0 aliphatic heterocycles. The zero-order valence-corrected chi connectivity index (χ0v) is 9.48. The van der Waals surface area contributed by atoms with Gasteiger partial charge in [0.2, 0.25) is 0 Å². The predicted octanol–water partition coefficient (Wildman–Crippen LogP) is 2.97. The van der Waals surface area contributed by atoms with Crippen molar-refractivity contribution in [1.82, 2.24) is 0 Å². The molecule has 78 valence electrons. The van der Waals surface area contributed by atoms with Crippen molar-refractivity contribution in [2.75, 3.05) is 13.2 Å². The number of nitrogens with two attached hydrogens (primary N) is 1. The monoisotopic (exact) mass is 233 g/mol. The fourth-order valence-corrected chi connectivity index (χ4v) is 1.24. The van der Waals surface area contributed by atoms with E-state index in [2.05, 4.69) is 0 Å². The topological polar surface area (TPSA) is 35.2 Å². The highest BCUT2D eigenvalue weighted by atomic mass is 35.5. The first kappa shape index (κ1) is 11.6. The Hall–Kier alpha value is -0.440. The maximum atomic E-state index is 5.93. The first-order chi connectivity index (χ1) is 6.65. The Morgan fingerprint density at radius 1 is 1.43 bits per heavy atom. The molecule has 1 rings (SSSR count). The van der Waals surface area contributed by atoms with Gasteiger partial charge in [-0.3, -0.25) is 0 Å². The molecule has 1 unspecified atom stereocenters. The van der Waals surface area contributed by atoms with E-state index in [9.17, 15) is 0 Å². The molecule has 1 atom stereocenters. The molecule has 0 heterocycles. The number of rotatable bonds is 4. The molecule has 14 heavy (non-hydrogen) atoms. The molecule has 2 N–H and O–H groups in total. The summed E-state index contributed by atoms with van der Waals surface area (Å²) in [6, 6.07) is 5.32. The van der Waals surface area contributed by atoms with Crippen LogP contribution in [0.15, 0.2) is 18.2 Å². The van der Waals surface area contributed by atoms with Crippen molar-refractivity contribution in [1.29, 1.82) is 0 Å². The molecule has 4 heteroatoms. The van der Waals surface area contributed by atoms with Gasteiger partial charge in [0.1, 0.15) is 10.8 Å². The number of benzene rings is 1. The third kappa shape index (κ3) is 3.05. The highest BCUT2D eigenvalue weighted by Crippen LogP contribution is 2.31. The number of hydrogen-bond donors (Lipinski definition) is 1. The summed E-state index contributed by atoms with van der Waals surface area (Å²) in [4.78, 5) is 0. The molecule has 1 aromatic carbocycles. The molecule has 0 aliphatic carbocycles. The van der Waals surface area contributed by atoms with Gasteiger partial charge in [-0.2, -0.15) is 0 Å². The summed E-state index contributed by atoms with van der Waals surface area (Å²) in [5.74, 6) is 0.921. The van der Waals surface area contributed by atoms with Gasteiger partial charge in [-0.05, 0) is 18.7 Å². The molecule has 0 radical (unpaired) electrons. The second-order valence-corrected chi connectivity index (χ2v) is 3.99. The summed E-state index contributed by atoms with van der Waals surface area (Å²) < 4.78 is 5.47. The van der Waals surface area contributed by atoms with Crippen LogP contribution in [0.1, 0.15) is 6.92 Å². The third-order valence-electron chi connectivity index (χ3n) is 1.84. The van der Waals surface area contributed by atoms with Crippen LogP contribution in [0.25, 0.3) is 0 Å². The zero-order valence-electron chi connectivity index (χ0n) is 7.97. The smallest absolute Gasteiger partial charge is 0.139 e. The molecule has 0 saturated carbocycles. The minimum Gasteiger partial charge on any atom is -0.492 e. The molecular formula is C10H13Cl2NO. The van der Waals surface area contributed by atoms with E-state index in [1.54, 1.807) is 18.2 Å². The van der Waals surface area contributed by atoms with Crippen molar-refractivity contribution >= 4 is 23.2 Å². The van der Waals surface area contributed by atoms with Gasteiger partial charge in [0.05, 0.1) is 11.6 Å². The van der Waals surface area contributed by atoms with Crippen molar-refractivity contribution in [3.63, 3.8) is 0 Å². The summed E-state index contributed by atoms with van der Waals surface area (Å²) in [6.07, 6.45) is 0. The van der Waals surface area contributed by atoms with E-state index in [4.69, 9.17) is 33.7 Å². The van der Waals surface area contributed by atoms with Crippen LogP contribution in [-0.2, 0) is 0 Å². The van der Waals surface area contributed by atoms with Crippen LogP contribution in [0.4, 0.5) is 0 Å². The van der Waals surface area contributed by atoms with Crippen molar-refractivity contribution < 1.29 is 4.74 Å². The normalized spacial score (nSPS) is 12.6. The van der Waals surface area contributed by atoms with Crippen LogP contribution in [0, 0.1) is 5.92 Å². The Bertz CT molecular complexity index is 304. The Labute approximate surface area is 94.0 Å². The molecule has 0 spiro atoms. The Morgan fingerprint density at radius 3 is 2.79 bits per heavy atom. The largest absolute Gasteiger partial charge is 0.492 e. The quantitative estimate of drug-likeness (QED) is 0.869. The number of hydrogen-bond acceptors (Lipinski definition) is 2. The predicted molar refractivity (Wildman–Crippen MR) is 60.2 cm³/mol. The molecule has 0 aliphatic rings. The van der Waals surface area contributed by atoms with Crippen molar-refractivity contribution in [2.45, 2.75) is 6.92 Å². The minimum absolute atomic E-state index is 0.310. The minimum atomic E-state index is 0.310. The average molecular weight is 234 g/mol. The van der Waals surface area contributed by atoms with E-state index in [1.165, 1.54) is 0 Å². The molecular weight excluding hydrogens is 221 g/mol. The van der Waals surface area contributed by atoms with Gasteiger partial charge in [0, 0.05) is 5.92 Å². The summed E-state index contributed by atoms with van der Waals surface area (Å²) in [6.45, 7) is 3.16. The molecule has 0 fully saturated rings. The van der Waals surface area contributed by atoms with Crippen LogP contribution < -0.4 is 10.5 Å². The van der Waals surface area contributed by atoms with Gasteiger partial charge < -0.3 is 10.5 Å². The lowest BCUT2D eigenvalue weighted by Gasteiger charge is -2.12. The highest BCUT2D eigenvalue weighted by Gasteiger charge is 2.06. The standard InChI is InChI=1S/C10H13Cl2NO/c1-7(5-13)6-14-9-4-2-3-8(11)10(9)12/h2-4,7H,5-6,13H2,1H3. The highest BCUT2D eigenvalue weighted by molar-refractivity contribution is 6.42. The lowest BCUT2D eigenvalue weighted by molar-refractivity contribution is 0.264. The van der Waals surface area contributed by atoms with Crippen LogP contribution in [0.2, 0.25) is 10.0 Å². The number of halogens is 2. The fraction of sp³-hybridized carbons (Fsp3) is 0.400. The Morgan fingerprint density at radius 2 is 2.14 bits per heavy atom. The molecule has 0 amide bonds. The lowest BCUT2D eigenvalue weighted by atomic mass is 10.2. The Kier molecular flexibility index (Phi) is 4.52. The second-order valence-electron chi connectivity index (χ2n) is 3.20. The van der Waals surface area contributed by atoms with Gasteiger partial charge in [-0.1, -0.05) is 36.2 Å². The summed E-state index contributed by atoms with van der Waals surface area (Å²) in [5, 5.41) is 0.961. The van der Waals surface area contributed by atoms with Crippen LogP contribution >= 0.6 is 23.2 Å². The fourth-order valence-electron chi connectivity index (χ4n) is 0.896. The van der Waals surface area contributed by atoms with Crippen LogP contribution in [0.5, 0.6) is 5.75 Å². The van der Waals surface area contributed by atoms with E-state index in [0.29, 0.717) is 34.9 Å². The molecule has 0 saturated heterocycles. The van der Waals surface area contributed by atoms with Crippen LogP contribution in [-0.4, -0.2) is 13.2 Å².